The molecule has 0 amide bonds. The van der Waals surface area contributed by atoms with Gasteiger partial charge < -0.3 is 9.68 Å². The summed E-state index contributed by atoms with van der Waals surface area (Å²) in [7, 11) is -0.892. The smallest absolute Gasteiger partial charge is 0.423 e. The molecular weight excluding hydrogens is 263 g/mol. The maximum absolute atomic E-state index is 12.2. The van der Waals surface area contributed by atoms with Crippen molar-refractivity contribution in [3.8, 4) is 0 Å². The number of Topliss-reactive ketones (excluding diaryl/α,β-unsaturated/α-hetero) is 1. The van der Waals surface area contributed by atoms with E-state index in [2.05, 4.69) is 12.1 Å². The van der Waals surface area contributed by atoms with Gasteiger partial charge in [-0.2, -0.15) is 0 Å². The zero-order valence-corrected chi connectivity index (χ0v) is 11.8. The average Bonchev–Trinajstić information content (AvgIpc) is 2.89. The second-order valence-corrected chi connectivity index (χ2v) is 5.34. The Balaban J connectivity index is 1.60. The topological polar surface area (TPSA) is 46.5 Å². The monoisotopic (exact) mass is 280 g/mol. The van der Waals surface area contributed by atoms with Crippen LogP contribution < -0.4 is 5.46 Å². The minimum Gasteiger partial charge on any atom is -0.423 e. The highest BCUT2D eigenvalue weighted by Gasteiger charge is 2.27. The molecule has 0 atom stereocenters. The van der Waals surface area contributed by atoms with Crippen LogP contribution in [0.1, 0.15) is 34.3 Å². The van der Waals surface area contributed by atoms with Crippen LogP contribution in [0, 0.1) is 0 Å². The van der Waals surface area contributed by atoms with Crippen LogP contribution in [0.5, 0.6) is 0 Å². The third-order valence-corrected chi connectivity index (χ3v) is 3.84. The second-order valence-electron chi connectivity index (χ2n) is 5.34. The van der Waals surface area contributed by atoms with E-state index in [9.17, 15) is 9.82 Å². The summed E-state index contributed by atoms with van der Waals surface area (Å²) in [5.74, 6) is 0.118. The summed E-state index contributed by atoms with van der Waals surface area (Å²) >= 11 is 0. The Morgan fingerprint density at radius 1 is 1.19 bits per heavy atom. The Labute approximate surface area is 124 Å². The van der Waals surface area contributed by atoms with Crippen LogP contribution in [0.3, 0.4) is 0 Å². The van der Waals surface area contributed by atoms with Gasteiger partial charge in [-0.15, -0.1) is 0 Å². The summed E-state index contributed by atoms with van der Waals surface area (Å²) < 4.78 is 5.14. The molecule has 0 radical (unpaired) electrons. The van der Waals surface area contributed by atoms with E-state index in [1.54, 1.807) is 6.07 Å². The number of hydrogen-bond acceptors (Lipinski definition) is 3. The van der Waals surface area contributed by atoms with Gasteiger partial charge >= 0.3 is 7.12 Å². The van der Waals surface area contributed by atoms with Crippen molar-refractivity contribution in [3.05, 3.63) is 65.2 Å². The van der Waals surface area contributed by atoms with E-state index in [0.717, 1.165) is 23.9 Å². The molecule has 1 aliphatic rings. The molecule has 1 aliphatic heterocycles. The van der Waals surface area contributed by atoms with Crippen LogP contribution in [0.4, 0.5) is 0 Å². The van der Waals surface area contributed by atoms with Crippen LogP contribution in [0.15, 0.2) is 48.5 Å². The molecule has 2 aromatic rings. The molecule has 3 rings (SSSR count). The highest BCUT2D eigenvalue weighted by Crippen LogP contribution is 2.14. The summed E-state index contributed by atoms with van der Waals surface area (Å²) in [6.45, 7) is 0.416. The standard InChI is InChI=1S/C17H17BO3/c19-17(8-4-7-13-5-2-1-3-6-13)14-9-10-15-12-21-18(20)16(15)11-14/h1-3,5-6,9-11,20H,4,7-8,12H2. The number of hydrogen-bond donors (Lipinski definition) is 1. The molecule has 21 heavy (non-hydrogen) atoms. The fourth-order valence-corrected chi connectivity index (χ4v) is 2.63. The van der Waals surface area contributed by atoms with Crippen LogP contribution in [-0.2, 0) is 17.7 Å². The molecule has 0 bridgehead atoms. The number of ketones is 1. The summed E-state index contributed by atoms with van der Waals surface area (Å²) in [5.41, 5.74) is 3.60. The first-order valence-corrected chi connectivity index (χ1v) is 7.23. The lowest BCUT2D eigenvalue weighted by atomic mass is 9.78. The van der Waals surface area contributed by atoms with Crippen molar-refractivity contribution in [3.63, 3.8) is 0 Å². The van der Waals surface area contributed by atoms with Gasteiger partial charge in [-0.3, -0.25) is 4.79 Å². The van der Waals surface area contributed by atoms with E-state index >= 15 is 0 Å². The van der Waals surface area contributed by atoms with Crippen molar-refractivity contribution in [2.45, 2.75) is 25.9 Å². The van der Waals surface area contributed by atoms with Gasteiger partial charge in [0.15, 0.2) is 5.78 Å². The predicted molar refractivity (Wildman–Crippen MR) is 82.5 cm³/mol. The highest BCUT2D eigenvalue weighted by atomic mass is 16.5. The predicted octanol–water partition coefficient (Wildman–Crippen LogP) is 2.11. The molecule has 3 nitrogen and oxygen atoms in total. The lowest BCUT2D eigenvalue weighted by Gasteiger charge is -2.04. The van der Waals surface area contributed by atoms with Gasteiger partial charge in [-0.1, -0.05) is 48.5 Å². The molecule has 0 unspecified atom stereocenters. The van der Waals surface area contributed by atoms with Gasteiger partial charge in [0.05, 0.1) is 6.61 Å². The lowest BCUT2D eigenvalue weighted by molar-refractivity contribution is 0.0980. The molecule has 1 heterocycles. The summed E-state index contributed by atoms with van der Waals surface area (Å²) in [6.07, 6.45) is 2.26. The van der Waals surface area contributed by atoms with Crippen molar-refractivity contribution < 1.29 is 14.5 Å². The molecule has 4 heteroatoms. The maximum atomic E-state index is 12.2. The SMILES string of the molecule is O=C(CCCc1ccccc1)c1ccc2c(c1)B(O)OC2. The zero-order chi connectivity index (χ0) is 14.7. The van der Waals surface area contributed by atoms with Crippen molar-refractivity contribution in [1.82, 2.24) is 0 Å². The largest absolute Gasteiger partial charge is 0.491 e. The zero-order valence-electron chi connectivity index (χ0n) is 11.8. The third kappa shape index (κ3) is 3.23. The summed E-state index contributed by atoms with van der Waals surface area (Å²) in [4.78, 5) is 12.2. The highest BCUT2D eigenvalue weighted by molar-refractivity contribution is 6.61. The van der Waals surface area contributed by atoms with E-state index in [1.807, 2.05) is 30.3 Å². The Kier molecular flexibility index (Phi) is 4.18. The number of fused-ring (bicyclic) bond motifs is 1. The molecular formula is C17H17BO3. The van der Waals surface area contributed by atoms with Gasteiger partial charge in [0.2, 0.25) is 0 Å². The van der Waals surface area contributed by atoms with E-state index in [4.69, 9.17) is 4.65 Å². The molecule has 2 aromatic carbocycles. The molecule has 0 saturated heterocycles. The number of benzene rings is 2. The van der Waals surface area contributed by atoms with Crippen molar-refractivity contribution >= 4 is 18.4 Å². The molecule has 0 saturated carbocycles. The Bertz CT molecular complexity index is 640. The Hall–Kier alpha value is -1.91. The van der Waals surface area contributed by atoms with Crippen molar-refractivity contribution in [2.24, 2.45) is 0 Å². The number of carbonyl (C=O) groups excluding carboxylic acids is 1. The van der Waals surface area contributed by atoms with Gasteiger partial charge in [0.25, 0.3) is 0 Å². The fraction of sp³-hybridized carbons (Fsp3) is 0.235. The molecule has 0 spiro atoms. The Morgan fingerprint density at radius 3 is 2.81 bits per heavy atom. The van der Waals surface area contributed by atoms with Crippen LogP contribution in [0.25, 0.3) is 0 Å². The molecule has 106 valence electrons. The second kappa shape index (κ2) is 6.25. The lowest BCUT2D eigenvalue weighted by Crippen LogP contribution is -2.28. The van der Waals surface area contributed by atoms with Gasteiger partial charge in [0.1, 0.15) is 0 Å². The first kappa shape index (κ1) is 14.0. The van der Waals surface area contributed by atoms with E-state index in [0.29, 0.717) is 18.6 Å². The minimum absolute atomic E-state index is 0.118. The first-order valence-electron chi connectivity index (χ1n) is 7.23. The maximum Gasteiger partial charge on any atom is 0.491 e. The van der Waals surface area contributed by atoms with Gasteiger partial charge in [0, 0.05) is 12.0 Å². The van der Waals surface area contributed by atoms with E-state index in [-0.39, 0.29) is 5.78 Å². The number of aryl methyl sites for hydroxylation is 1. The quantitative estimate of drug-likeness (QED) is 0.674. The summed E-state index contributed by atoms with van der Waals surface area (Å²) in [5, 5.41) is 9.68. The molecule has 0 aliphatic carbocycles. The van der Waals surface area contributed by atoms with Gasteiger partial charge in [-0.25, -0.2) is 0 Å². The van der Waals surface area contributed by atoms with Crippen LogP contribution >= 0.6 is 0 Å². The first-order chi connectivity index (χ1) is 10.2. The molecule has 0 fully saturated rings. The van der Waals surface area contributed by atoms with E-state index < -0.39 is 7.12 Å². The molecule has 0 aromatic heterocycles. The normalized spacial score (nSPS) is 13.3. The van der Waals surface area contributed by atoms with Crippen molar-refractivity contribution in [1.29, 1.82) is 0 Å². The minimum atomic E-state index is -0.892. The molecule has 1 N–H and O–H groups in total. The van der Waals surface area contributed by atoms with Crippen LogP contribution in [-0.4, -0.2) is 17.9 Å². The van der Waals surface area contributed by atoms with E-state index in [1.165, 1.54) is 5.56 Å². The van der Waals surface area contributed by atoms with Gasteiger partial charge in [-0.05, 0) is 29.4 Å². The number of rotatable bonds is 5. The number of carbonyl (C=O) groups is 1. The Morgan fingerprint density at radius 2 is 2.00 bits per heavy atom. The fourth-order valence-electron chi connectivity index (χ4n) is 2.63. The average molecular weight is 280 g/mol. The van der Waals surface area contributed by atoms with Crippen molar-refractivity contribution in [2.75, 3.05) is 0 Å². The summed E-state index contributed by atoms with van der Waals surface area (Å²) in [6, 6.07) is 15.6. The van der Waals surface area contributed by atoms with Crippen LogP contribution in [0.2, 0.25) is 0 Å². The third-order valence-electron chi connectivity index (χ3n) is 3.84.